The number of hydrogen-bond donors (Lipinski definition) is 0. The quantitative estimate of drug-likeness (QED) is 0.666. The van der Waals surface area contributed by atoms with Gasteiger partial charge in [-0.15, -0.1) is 0 Å². The first-order chi connectivity index (χ1) is 7.16. The molecule has 0 spiro atoms. The van der Waals surface area contributed by atoms with E-state index in [1.165, 1.54) is 12.1 Å². The minimum Gasteiger partial charge on any atom is -0.207 e. The molecule has 0 amide bonds. The summed E-state index contributed by atoms with van der Waals surface area (Å²) in [4.78, 5) is 0. The molecule has 2 aromatic rings. The lowest BCUT2D eigenvalue weighted by Gasteiger charge is -2.05. The van der Waals surface area contributed by atoms with Gasteiger partial charge < -0.3 is 0 Å². The van der Waals surface area contributed by atoms with Crippen molar-refractivity contribution in [1.82, 2.24) is 0 Å². The van der Waals surface area contributed by atoms with Crippen molar-refractivity contribution in [3.8, 4) is 11.1 Å². The minimum atomic E-state index is -0.204. The summed E-state index contributed by atoms with van der Waals surface area (Å²) in [6.45, 7) is 1.90. The Hall–Kier alpha value is -1.34. The fourth-order valence-corrected chi connectivity index (χ4v) is 1.71. The predicted molar refractivity (Wildman–Crippen MR) is 61.6 cm³/mol. The topological polar surface area (TPSA) is 0 Å². The summed E-state index contributed by atoms with van der Waals surface area (Å²) < 4.78 is 12.9. The van der Waals surface area contributed by atoms with Gasteiger partial charge in [0.25, 0.3) is 0 Å². The third-order valence-electron chi connectivity index (χ3n) is 2.34. The largest absolute Gasteiger partial charge is 0.207 e. The molecule has 0 saturated carbocycles. The van der Waals surface area contributed by atoms with E-state index in [0.29, 0.717) is 5.02 Å². The summed E-state index contributed by atoms with van der Waals surface area (Å²) in [5, 5.41) is 0.707. The van der Waals surface area contributed by atoms with Crippen LogP contribution in [0.2, 0.25) is 5.02 Å². The third kappa shape index (κ3) is 2.18. The van der Waals surface area contributed by atoms with Crippen LogP contribution < -0.4 is 0 Å². The lowest BCUT2D eigenvalue weighted by Crippen LogP contribution is -1.84. The molecule has 2 rings (SSSR count). The van der Waals surface area contributed by atoms with Crippen molar-refractivity contribution in [3.05, 3.63) is 58.9 Å². The Morgan fingerprint density at radius 1 is 1.00 bits per heavy atom. The summed E-state index contributed by atoms with van der Waals surface area (Å²) in [5.41, 5.74) is 3.02. The van der Waals surface area contributed by atoms with Gasteiger partial charge in [0.05, 0.1) is 0 Å². The average Bonchev–Trinajstić information content (AvgIpc) is 2.20. The van der Waals surface area contributed by atoms with Crippen LogP contribution in [-0.2, 0) is 0 Å². The zero-order chi connectivity index (χ0) is 10.8. The highest BCUT2D eigenvalue weighted by molar-refractivity contribution is 6.30. The van der Waals surface area contributed by atoms with Crippen molar-refractivity contribution in [3.63, 3.8) is 0 Å². The van der Waals surface area contributed by atoms with Crippen LogP contribution in [-0.4, -0.2) is 0 Å². The van der Waals surface area contributed by atoms with Crippen molar-refractivity contribution >= 4 is 11.6 Å². The van der Waals surface area contributed by atoms with E-state index in [9.17, 15) is 4.39 Å². The molecule has 0 bridgehead atoms. The molecular formula is C13H10ClF. The van der Waals surface area contributed by atoms with E-state index in [1.54, 1.807) is 6.07 Å². The molecule has 0 heterocycles. The molecule has 0 aliphatic heterocycles. The van der Waals surface area contributed by atoms with Crippen LogP contribution in [0.15, 0.2) is 42.5 Å². The van der Waals surface area contributed by atoms with Gasteiger partial charge in [-0.25, -0.2) is 4.39 Å². The van der Waals surface area contributed by atoms with E-state index in [-0.39, 0.29) is 5.82 Å². The van der Waals surface area contributed by atoms with Crippen molar-refractivity contribution < 1.29 is 4.39 Å². The van der Waals surface area contributed by atoms with Crippen LogP contribution in [0.25, 0.3) is 11.1 Å². The molecular weight excluding hydrogens is 211 g/mol. The smallest absolute Gasteiger partial charge is 0.123 e. The van der Waals surface area contributed by atoms with E-state index >= 15 is 0 Å². The van der Waals surface area contributed by atoms with E-state index < -0.39 is 0 Å². The van der Waals surface area contributed by atoms with Crippen LogP contribution >= 0.6 is 11.6 Å². The number of halogens is 2. The van der Waals surface area contributed by atoms with E-state index in [0.717, 1.165) is 16.7 Å². The number of hydrogen-bond acceptors (Lipinski definition) is 0. The van der Waals surface area contributed by atoms with Gasteiger partial charge in [0, 0.05) is 5.02 Å². The Labute approximate surface area is 93.3 Å². The molecule has 0 unspecified atom stereocenters. The van der Waals surface area contributed by atoms with E-state index in [1.807, 2.05) is 31.2 Å². The predicted octanol–water partition coefficient (Wildman–Crippen LogP) is 4.45. The van der Waals surface area contributed by atoms with E-state index in [2.05, 4.69) is 0 Å². The maximum Gasteiger partial charge on any atom is 0.123 e. The fraction of sp³-hybridized carbons (Fsp3) is 0.0769. The van der Waals surface area contributed by atoms with Gasteiger partial charge in [-0.1, -0.05) is 29.8 Å². The van der Waals surface area contributed by atoms with Gasteiger partial charge in [-0.05, 0) is 47.9 Å². The van der Waals surface area contributed by atoms with Crippen LogP contribution in [0, 0.1) is 12.7 Å². The third-order valence-corrected chi connectivity index (χ3v) is 2.60. The van der Waals surface area contributed by atoms with Gasteiger partial charge in [-0.3, -0.25) is 0 Å². The Morgan fingerprint density at radius 2 is 1.67 bits per heavy atom. The molecule has 15 heavy (non-hydrogen) atoms. The molecule has 0 nitrogen and oxygen atoms in total. The van der Waals surface area contributed by atoms with Crippen molar-refractivity contribution in [1.29, 1.82) is 0 Å². The standard InChI is InChI=1S/C13H10ClF/c1-9-8-12(15)6-7-13(9)10-2-4-11(14)5-3-10/h2-8H,1H3. The average molecular weight is 221 g/mol. The van der Waals surface area contributed by atoms with Gasteiger partial charge >= 0.3 is 0 Å². The first kappa shape index (κ1) is 10.2. The molecule has 0 fully saturated rings. The van der Waals surface area contributed by atoms with Crippen LogP contribution in [0.3, 0.4) is 0 Å². The fourth-order valence-electron chi connectivity index (χ4n) is 1.58. The molecule has 0 saturated heterocycles. The van der Waals surface area contributed by atoms with Gasteiger partial charge in [0.1, 0.15) is 5.82 Å². The summed E-state index contributed by atoms with van der Waals surface area (Å²) >= 11 is 5.80. The molecule has 0 N–H and O–H groups in total. The molecule has 0 radical (unpaired) electrons. The highest BCUT2D eigenvalue weighted by Crippen LogP contribution is 2.25. The van der Waals surface area contributed by atoms with Gasteiger partial charge in [-0.2, -0.15) is 0 Å². The maximum absolute atomic E-state index is 12.9. The number of benzene rings is 2. The zero-order valence-electron chi connectivity index (χ0n) is 8.30. The number of rotatable bonds is 1. The molecule has 76 valence electrons. The number of aryl methyl sites for hydroxylation is 1. The summed E-state index contributed by atoms with van der Waals surface area (Å²) in [5.74, 6) is -0.204. The van der Waals surface area contributed by atoms with Crippen molar-refractivity contribution in [2.24, 2.45) is 0 Å². The SMILES string of the molecule is Cc1cc(F)ccc1-c1ccc(Cl)cc1. The van der Waals surface area contributed by atoms with Crippen LogP contribution in [0.1, 0.15) is 5.56 Å². The second-order valence-electron chi connectivity index (χ2n) is 3.47. The van der Waals surface area contributed by atoms with Gasteiger partial charge in [0.2, 0.25) is 0 Å². The van der Waals surface area contributed by atoms with Crippen molar-refractivity contribution in [2.75, 3.05) is 0 Å². The molecule has 2 heteroatoms. The summed E-state index contributed by atoms with van der Waals surface area (Å²) in [6.07, 6.45) is 0. The first-order valence-corrected chi connectivity index (χ1v) is 5.07. The Morgan fingerprint density at radius 3 is 2.27 bits per heavy atom. The summed E-state index contributed by atoms with van der Waals surface area (Å²) in [7, 11) is 0. The Kier molecular flexibility index (Phi) is 2.74. The van der Waals surface area contributed by atoms with E-state index in [4.69, 9.17) is 11.6 Å². The second kappa shape index (κ2) is 4.03. The van der Waals surface area contributed by atoms with Crippen LogP contribution in [0.5, 0.6) is 0 Å². The zero-order valence-corrected chi connectivity index (χ0v) is 9.05. The highest BCUT2D eigenvalue weighted by Gasteiger charge is 2.02. The normalized spacial score (nSPS) is 10.3. The lowest BCUT2D eigenvalue weighted by molar-refractivity contribution is 0.627. The highest BCUT2D eigenvalue weighted by atomic mass is 35.5. The Bertz CT molecular complexity index is 474. The summed E-state index contributed by atoms with van der Waals surface area (Å²) in [6, 6.07) is 12.3. The second-order valence-corrected chi connectivity index (χ2v) is 3.90. The van der Waals surface area contributed by atoms with Gasteiger partial charge in [0.15, 0.2) is 0 Å². The van der Waals surface area contributed by atoms with Crippen LogP contribution in [0.4, 0.5) is 4.39 Å². The monoisotopic (exact) mass is 220 g/mol. The first-order valence-electron chi connectivity index (χ1n) is 4.69. The minimum absolute atomic E-state index is 0.204. The molecule has 0 aromatic heterocycles. The molecule has 0 aliphatic rings. The lowest BCUT2D eigenvalue weighted by atomic mass is 10.0. The molecule has 0 aliphatic carbocycles. The Balaban J connectivity index is 2.49. The molecule has 2 aromatic carbocycles. The molecule has 0 atom stereocenters. The van der Waals surface area contributed by atoms with Crippen molar-refractivity contribution in [2.45, 2.75) is 6.92 Å². The maximum atomic E-state index is 12.9.